The van der Waals surface area contributed by atoms with Crippen LogP contribution in [0, 0.1) is 17.8 Å². The van der Waals surface area contributed by atoms with E-state index in [4.69, 9.17) is 33.7 Å². The predicted molar refractivity (Wildman–Crippen MR) is 239 cm³/mol. The molecular formula is C49H64N2O9S. The summed E-state index contributed by atoms with van der Waals surface area (Å²) in [6.45, 7) is 9.86. The fraction of sp³-hybridized carbons (Fsp3) is 0.510. The summed E-state index contributed by atoms with van der Waals surface area (Å²) in [5.74, 6) is 0.301. The number of nitrogens with zero attached hydrogens (tertiary/aromatic N) is 2. The lowest BCUT2D eigenvalue weighted by atomic mass is 9.55. The van der Waals surface area contributed by atoms with Gasteiger partial charge in [0.25, 0.3) is 0 Å². The molecule has 61 heavy (non-hydrogen) atoms. The highest BCUT2D eigenvalue weighted by Gasteiger charge is 2.65. The van der Waals surface area contributed by atoms with Crippen molar-refractivity contribution in [3.05, 3.63) is 108 Å². The number of benzene rings is 3. The number of oxime groups is 1. The number of unbranched alkanes of at least 4 members (excludes halogenated alkanes) is 2. The Bertz CT molecular complexity index is 1910. The topological polar surface area (TPSA) is 129 Å². The van der Waals surface area contributed by atoms with Gasteiger partial charge in [-0.15, -0.1) is 18.3 Å². The number of aliphatic hydroxyl groups excluding tert-OH is 2. The number of hydrogen-bond acceptors (Lipinski definition) is 11. The summed E-state index contributed by atoms with van der Waals surface area (Å²) in [5, 5.41) is 24.6. The fourth-order valence-corrected chi connectivity index (χ4v) is 9.69. The minimum atomic E-state index is -1.37. The summed E-state index contributed by atoms with van der Waals surface area (Å²) in [6, 6.07) is 23.3. The molecule has 11 nitrogen and oxygen atoms in total. The highest BCUT2D eigenvalue weighted by Crippen LogP contribution is 2.62. The monoisotopic (exact) mass is 856 g/mol. The summed E-state index contributed by atoms with van der Waals surface area (Å²) < 4.78 is 32.8. The molecular weight excluding hydrogens is 793 g/mol. The highest BCUT2D eigenvalue weighted by atomic mass is 32.2. The van der Waals surface area contributed by atoms with E-state index in [1.165, 1.54) is 0 Å². The second-order valence-electron chi connectivity index (χ2n) is 15.8. The van der Waals surface area contributed by atoms with Crippen molar-refractivity contribution in [2.75, 3.05) is 52.4 Å². The maximum atomic E-state index is 14.4. The highest BCUT2D eigenvalue weighted by molar-refractivity contribution is 7.98. The standard InChI is InChI=1S/C49H64N2O9S/c1-5-25-51(48(54)56-30-29-55-34-35-15-9-8-10-16-35)45-33-43(50-58-7-3)41-31-36(17-11-13-26-52)40(18-12-14-27-53)46-42-32-38(59-37-19-22-39(61-4)23-20-37)21-24-44(42)60-49(45,47(41)46)57-28-6-2/h6,8-10,15-16,19-24,31-32,36,40,45-47,52-53H,2,5,7,11-14,17-18,25-30,33-34H2,1,3-4H3. The van der Waals surface area contributed by atoms with Crippen LogP contribution in [-0.4, -0.2) is 91.2 Å². The van der Waals surface area contributed by atoms with Crippen LogP contribution in [0.4, 0.5) is 4.79 Å². The van der Waals surface area contributed by atoms with Gasteiger partial charge in [0, 0.05) is 42.6 Å². The van der Waals surface area contributed by atoms with Crippen molar-refractivity contribution in [3.8, 4) is 17.2 Å². The molecule has 3 aromatic carbocycles. The Kier molecular flexibility index (Phi) is 17.6. The van der Waals surface area contributed by atoms with E-state index in [1.54, 1.807) is 22.7 Å². The Morgan fingerprint density at radius 2 is 1.74 bits per heavy atom. The maximum Gasteiger partial charge on any atom is 0.410 e. The first-order valence-corrected chi connectivity index (χ1v) is 23.2. The molecule has 1 saturated carbocycles. The number of hydrogen-bond donors (Lipinski definition) is 2. The number of fused-ring (bicyclic) bond motifs is 2. The van der Waals surface area contributed by atoms with E-state index in [-0.39, 0.29) is 50.8 Å². The zero-order valence-electron chi connectivity index (χ0n) is 36.0. The molecule has 3 aliphatic rings. The lowest BCUT2D eigenvalue weighted by Crippen LogP contribution is -2.70. The minimum Gasteiger partial charge on any atom is -0.459 e. The van der Waals surface area contributed by atoms with Crippen LogP contribution in [0.3, 0.4) is 0 Å². The Hall–Kier alpha value is -4.33. The van der Waals surface area contributed by atoms with Crippen LogP contribution in [0.25, 0.3) is 0 Å². The molecule has 1 aliphatic heterocycles. The van der Waals surface area contributed by atoms with Crippen molar-refractivity contribution in [1.82, 2.24) is 4.90 Å². The molecule has 0 aromatic heterocycles. The fourth-order valence-electron chi connectivity index (χ4n) is 9.28. The lowest BCUT2D eigenvalue weighted by molar-refractivity contribution is -0.255. The quantitative estimate of drug-likeness (QED) is 0.0389. The van der Waals surface area contributed by atoms with E-state index < -0.39 is 23.8 Å². The Labute approximate surface area is 366 Å². The molecule has 6 atom stereocenters. The molecule has 6 rings (SSSR count). The zero-order chi connectivity index (χ0) is 43.0. The Morgan fingerprint density at radius 1 is 0.984 bits per heavy atom. The third-order valence-corrected chi connectivity index (χ3v) is 12.6. The normalized spacial score (nSPS) is 23.3. The number of carbonyl (C=O) groups excluding carboxylic acids is 1. The molecule has 0 saturated heterocycles. The number of thioether (sulfide) groups is 1. The molecule has 1 amide bonds. The second kappa shape index (κ2) is 23.2. The molecule has 3 aromatic rings. The van der Waals surface area contributed by atoms with Crippen molar-refractivity contribution in [2.24, 2.45) is 22.9 Å². The third-order valence-electron chi connectivity index (χ3n) is 11.9. The smallest absolute Gasteiger partial charge is 0.410 e. The molecule has 330 valence electrons. The van der Waals surface area contributed by atoms with Gasteiger partial charge in [-0.2, -0.15) is 0 Å². The molecule has 1 fully saturated rings. The SMILES string of the molecule is C=CCOC12Oc3ccc(Oc4ccc(SC)cc4)cc3C3C(CCCCO)C(CCCCO)C=C(C(=NOCC)CC1N(CCC)C(=O)OCCOCc1ccccc1)C32. The van der Waals surface area contributed by atoms with Crippen molar-refractivity contribution in [1.29, 1.82) is 0 Å². The first kappa shape index (κ1) is 46.2. The van der Waals surface area contributed by atoms with Crippen LogP contribution in [0.15, 0.2) is 107 Å². The largest absolute Gasteiger partial charge is 0.459 e. The number of rotatable bonds is 24. The molecule has 0 radical (unpaired) electrons. The van der Waals surface area contributed by atoms with Gasteiger partial charge in [-0.05, 0) is 111 Å². The van der Waals surface area contributed by atoms with Crippen LogP contribution in [-0.2, 0) is 25.7 Å². The molecule has 0 bridgehead atoms. The van der Waals surface area contributed by atoms with Crippen LogP contribution >= 0.6 is 11.8 Å². The predicted octanol–water partition coefficient (Wildman–Crippen LogP) is 9.92. The first-order valence-electron chi connectivity index (χ1n) is 22.0. The number of ether oxygens (including phenoxy) is 5. The molecule has 0 spiro atoms. The summed E-state index contributed by atoms with van der Waals surface area (Å²) in [4.78, 5) is 23.2. The molecule has 1 heterocycles. The summed E-state index contributed by atoms with van der Waals surface area (Å²) >= 11 is 1.68. The third kappa shape index (κ3) is 11.2. The average molecular weight is 857 g/mol. The number of allylic oxidation sites excluding steroid dienone is 1. The Morgan fingerprint density at radius 3 is 2.44 bits per heavy atom. The van der Waals surface area contributed by atoms with Crippen LogP contribution in [0.5, 0.6) is 17.2 Å². The van der Waals surface area contributed by atoms with E-state index in [9.17, 15) is 15.0 Å². The maximum absolute atomic E-state index is 14.4. The number of aliphatic hydroxyl groups is 2. The van der Waals surface area contributed by atoms with Gasteiger partial charge in [-0.25, -0.2) is 4.79 Å². The van der Waals surface area contributed by atoms with Gasteiger partial charge < -0.3 is 38.7 Å². The van der Waals surface area contributed by atoms with E-state index in [2.05, 4.69) is 18.7 Å². The first-order chi connectivity index (χ1) is 29.9. The lowest BCUT2D eigenvalue weighted by Gasteiger charge is -2.59. The van der Waals surface area contributed by atoms with Gasteiger partial charge in [-0.3, -0.25) is 4.90 Å². The van der Waals surface area contributed by atoms with Crippen LogP contribution < -0.4 is 9.47 Å². The molecule has 6 unspecified atom stereocenters. The van der Waals surface area contributed by atoms with E-state index in [1.807, 2.05) is 86.8 Å². The van der Waals surface area contributed by atoms with E-state index in [0.717, 1.165) is 58.7 Å². The Balaban J connectivity index is 1.46. The van der Waals surface area contributed by atoms with Gasteiger partial charge in [0.05, 0.1) is 31.5 Å². The summed E-state index contributed by atoms with van der Waals surface area (Å²) in [6.07, 6.45) is 11.3. The van der Waals surface area contributed by atoms with Crippen molar-refractivity contribution in [2.45, 2.75) is 94.5 Å². The van der Waals surface area contributed by atoms with Crippen LogP contribution in [0.2, 0.25) is 0 Å². The molecule has 12 heteroatoms. The van der Waals surface area contributed by atoms with Crippen LogP contribution in [0.1, 0.15) is 82.3 Å². The van der Waals surface area contributed by atoms with Gasteiger partial charge in [-0.1, -0.05) is 67.4 Å². The van der Waals surface area contributed by atoms with E-state index >= 15 is 0 Å². The van der Waals surface area contributed by atoms with Gasteiger partial charge in [0.2, 0.25) is 5.79 Å². The number of amides is 1. The minimum absolute atomic E-state index is 0.0745. The zero-order valence-corrected chi connectivity index (χ0v) is 36.9. The van der Waals surface area contributed by atoms with Gasteiger partial charge in [0.15, 0.2) is 0 Å². The van der Waals surface area contributed by atoms with Crippen molar-refractivity contribution < 1.29 is 43.5 Å². The molecule has 2 aliphatic carbocycles. The van der Waals surface area contributed by atoms with Crippen molar-refractivity contribution >= 4 is 23.6 Å². The summed E-state index contributed by atoms with van der Waals surface area (Å²) in [7, 11) is 0. The second-order valence-corrected chi connectivity index (χ2v) is 16.7. The van der Waals surface area contributed by atoms with E-state index in [0.29, 0.717) is 56.9 Å². The van der Waals surface area contributed by atoms with Gasteiger partial charge in [0.1, 0.15) is 36.5 Å². The number of carbonyl (C=O) groups is 1. The average Bonchev–Trinajstić information content (AvgIpc) is 3.28. The van der Waals surface area contributed by atoms with Crippen molar-refractivity contribution in [3.63, 3.8) is 0 Å². The van der Waals surface area contributed by atoms with Gasteiger partial charge >= 0.3 is 6.09 Å². The summed E-state index contributed by atoms with van der Waals surface area (Å²) in [5.41, 5.74) is 3.76. The molecule has 2 N–H and O–H groups in total.